The summed E-state index contributed by atoms with van der Waals surface area (Å²) < 4.78 is 25.1. The zero-order valence-corrected chi connectivity index (χ0v) is 15.8. The molecule has 0 bridgehead atoms. The minimum atomic E-state index is -2.88. The van der Waals surface area contributed by atoms with Crippen molar-refractivity contribution in [2.45, 2.75) is 50.1 Å². The van der Waals surface area contributed by atoms with Crippen LogP contribution >= 0.6 is 0 Å². The Morgan fingerprint density at radius 1 is 1.08 bits per heavy atom. The summed E-state index contributed by atoms with van der Waals surface area (Å²) in [6.07, 6.45) is 6.97. The maximum Gasteiger partial charge on any atom is 0.250 e. The summed E-state index contributed by atoms with van der Waals surface area (Å²) in [4.78, 5) is 17.6. The number of aromatic nitrogens is 4. The second kappa shape index (κ2) is 6.88. The Morgan fingerprint density at radius 2 is 1.81 bits per heavy atom. The molecule has 26 heavy (non-hydrogen) atoms. The number of rotatable bonds is 3. The van der Waals surface area contributed by atoms with Crippen molar-refractivity contribution in [2.75, 3.05) is 37.7 Å². The predicted molar refractivity (Wildman–Crippen MR) is 94.1 cm³/mol. The summed E-state index contributed by atoms with van der Waals surface area (Å²) in [7, 11) is -2.88. The van der Waals surface area contributed by atoms with Gasteiger partial charge in [-0.3, -0.25) is 9.69 Å². The summed E-state index contributed by atoms with van der Waals surface area (Å²) in [6.45, 7) is 2.74. The van der Waals surface area contributed by atoms with Crippen LogP contribution < -0.4 is 0 Å². The Kier molecular flexibility index (Phi) is 4.72. The first-order valence-corrected chi connectivity index (χ1v) is 11.3. The first-order chi connectivity index (χ1) is 12.5. The quantitative estimate of drug-likeness (QED) is 0.705. The van der Waals surface area contributed by atoms with Crippen LogP contribution in [0.1, 0.15) is 38.5 Å². The highest BCUT2D eigenvalue weighted by Gasteiger charge is 2.46. The lowest BCUT2D eigenvalue weighted by molar-refractivity contribution is -0.145. The third-order valence-corrected chi connectivity index (χ3v) is 7.94. The summed E-state index contributed by atoms with van der Waals surface area (Å²) in [6, 6.07) is 0.111. The molecule has 4 rings (SSSR count). The van der Waals surface area contributed by atoms with Gasteiger partial charge in [-0.25, -0.2) is 13.1 Å². The van der Waals surface area contributed by atoms with Gasteiger partial charge in [0.2, 0.25) is 0 Å². The molecular weight excluding hydrogens is 356 g/mol. The second-order valence-corrected chi connectivity index (χ2v) is 9.96. The number of amides is 1. The monoisotopic (exact) mass is 382 g/mol. The molecule has 1 aliphatic carbocycles. The van der Waals surface area contributed by atoms with E-state index in [1.54, 1.807) is 11.0 Å². The van der Waals surface area contributed by atoms with Crippen LogP contribution in [0.2, 0.25) is 0 Å². The molecule has 1 amide bonds. The predicted octanol–water partition coefficient (Wildman–Crippen LogP) is -0.336. The SMILES string of the molecule is O=C(N1CCN([C@H]2CCS(=O)(=O)C2)CC1)C1(n2cnnn2)CCCCC1. The van der Waals surface area contributed by atoms with Gasteiger partial charge in [-0.05, 0) is 29.7 Å². The molecule has 1 aromatic rings. The Morgan fingerprint density at radius 3 is 2.38 bits per heavy atom. The number of hydrogen-bond donors (Lipinski definition) is 0. The second-order valence-electron chi connectivity index (χ2n) is 7.73. The smallest absolute Gasteiger partial charge is 0.250 e. The van der Waals surface area contributed by atoms with Crippen molar-refractivity contribution < 1.29 is 13.2 Å². The van der Waals surface area contributed by atoms with Crippen molar-refractivity contribution in [2.24, 2.45) is 0 Å². The molecule has 2 saturated heterocycles. The van der Waals surface area contributed by atoms with Gasteiger partial charge >= 0.3 is 0 Å². The average molecular weight is 382 g/mol. The number of nitrogens with zero attached hydrogens (tertiary/aromatic N) is 6. The van der Waals surface area contributed by atoms with E-state index in [0.717, 1.165) is 45.2 Å². The minimum Gasteiger partial charge on any atom is -0.338 e. The van der Waals surface area contributed by atoms with Gasteiger partial charge < -0.3 is 4.90 Å². The molecule has 3 fully saturated rings. The van der Waals surface area contributed by atoms with Crippen LogP contribution in [0.3, 0.4) is 0 Å². The Hall–Kier alpha value is -1.55. The van der Waals surface area contributed by atoms with Gasteiger partial charge in [-0.2, -0.15) is 0 Å². The van der Waals surface area contributed by atoms with Crippen LogP contribution in [-0.4, -0.2) is 88.1 Å². The van der Waals surface area contributed by atoms with Crippen molar-refractivity contribution in [1.29, 1.82) is 0 Å². The highest BCUT2D eigenvalue weighted by Crippen LogP contribution is 2.36. The molecule has 0 unspecified atom stereocenters. The molecule has 2 aliphatic heterocycles. The van der Waals surface area contributed by atoms with Crippen molar-refractivity contribution in [1.82, 2.24) is 30.0 Å². The van der Waals surface area contributed by atoms with Crippen LogP contribution in [0.25, 0.3) is 0 Å². The fourth-order valence-corrected chi connectivity index (χ4v) is 6.44. The summed E-state index contributed by atoms with van der Waals surface area (Å²) in [5.41, 5.74) is -0.652. The average Bonchev–Trinajstić information content (AvgIpc) is 3.32. The zero-order valence-electron chi connectivity index (χ0n) is 15.0. The number of hydrogen-bond acceptors (Lipinski definition) is 7. The molecule has 0 aromatic carbocycles. The molecule has 1 saturated carbocycles. The molecule has 3 aliphatic rings. The van der Waals surface area contributed by atoms with Gasteiger partial charge in [0.15, 0.2) is 9.84 Å². The van der Waals surface area contributed by atoms with Crippen LogP contribution in [-0.2, 0) is 20.2 Å². The van der Waals surface area contributed by atoms with Crippen molar-refractivity contribution in [3.63, 3.8) is 0 Å². The number of piperazine rings is 1. The zero-order chi connectivity index (χ0) is 18.2. The fraction of sp³-hybridized carbons (Fsp3) is 0.875. The lowest BCUT2D eigenvalue weighted by Gasteiger charge is -2.43. The van der Waals surface area contributed by atoms with Gasteiger partial charge in [0, 0.05) is 32.2 Å². The lowest BCUT2D eigenvalue weighted by atomic mass is 9.80. The third kappa shape index (κ3) is 3.24. The number of carbonyl (C=O) groups is 1. The van der Waals surface area contributed by atoms with Crippen LogP contribution in [0.15, 0.2) is 6.33 Å². The Labute approximate surface area is 153 Å². The molecule has 0 spiro atoms. The molecule has 0 N–H and O–H groups in total. The van der Waals surface area contributed by atoms with E-state index in [4.69, 9.17) is 0 Å². The molecule has 144 valence electrons. The van der Waals surface area contributed by atoms with Gasteiger partial charge in [0.05, 0.1) is 11.5 Å². The van der Waals surface area contributed by atoms with Gasteiger partial charge in [-0.1, -0.05) is 19.3 Å². The molecule has 0 radical (unpaired) electrons. The van der Waals surface area contributed by atoms with E-state index in [9.17, 15) is 13.2 Å². The van der Waals surface area contributed by atoms with Gasteiger partial charge in [0.1, 0.15) is 11.9 Å². The van der Waals surface area contributed by atoms with E-state index >= 15 is 0 Å². The maximum absolute atomic E-state index is 13.4. The molecule has 10 heteroatoms. The van der Waals surface area contributed by atoms with Gasteiger partial charge in [-0.15, -0.1) is 5.10 Å². The molecule has 9 nitrogen and oxygen atoms in total. The fourth-order valence-electron chi connectivity index (χ4n) is 4.68. The lowest BCUT2D eigenvalue weighted by Crippen LogP contribution is -2.58. The number of tetrazole rings is 1. The van der Waals surface area contributed by atoms with Gasteiger partial charge in [0.25, 0.3) is 5.91 Å². The molecule has 1 atom stereocenters. The largest absolute Gasteiger partial charge is 0.338 e. The van der Waals surface area contributed by atoms with Crippen LogP contribution in [0.4, 0.5) is 0 Å². The number of sulfone groups is 1. The third-order valence-electron chi connectivity index (χ3n) is 6.19. The summed E-state index contributed by atoms with van der Waals surface area (Å²) >= 11 is 0. The maximum atomic E-state index is 13.4. The van der Waals surface area contributed by atoms with E-state index in [0.29, 0.717) is 25.3 Å². The Bertz CT molecular complexity index is 736. The normalized spacial score (nSPS) is 28.9. The van der Waals surface area contributed by atoms with E-state index in [2.05, 4.69) is 20.4 Å². The first-order valence-electron chi connectivity index (χ1n) is 9.48. The van der Waals surface area contributed by atoms with Crippen molar-refractivity contribution in [3.8, 4) is 0 Å². The van der Waals surface area contributed by atoms with Crippen molar-refractivity contribution in [3.05, 3.63) is 6.33 Å². The number of carbonyl (C=O) groups excluding carboxylic acids is 1. The molecule has 1 aromatic heterocycles. The van der Waals surface area contributed by atoms with E-state index < -0.39 is 15.4 Å². The Balaban J connectivity index is 1.44. The highest BCUT2D eigenvalue weighted by molar-refractivity contribution is 7.91. The summed E-state index contributed by atoms with van der Waals surface area (Å²) in [5, 5.41) is 11.5. The van der Waals surface area contributed by atoms with E-state index in [1.165, 1.54) is 0 Å². The van der Waals surface area contributed by atoms with E-state index in [-0.39, 0.29) is 17.7 Å². The first kappa shape index (κ1) is 17.8. The van der Waals surface area contributed by atoms with Crippen molar-refractivity contribution >= 4 is 15.7 Å². The topological polar surface area (TPSA) is 101 Å². The standard InChI is InChI=1S/C16H26N6O3S/c23-15(16(5-2-1-3-6-16)22-13-17-18-19-22)21-9-7-20(8-10-21)14-4-11-26(24,25)12-14/h13-14H,1-12H2/t14-/m0/s1. The molecular formula is C16H26N6O3S. The highest BCUT2D eigenvalue weighted by atomic mass is 32.2. The van der Waals surface area contributed by atoms with Crippen LogP contribution in [0.5, 0.6) is 0 Å². The minimum absolute atomic E-state index is 0.111. The van der Waals surface area contributed by atoms with E-state index in [1.807, 2.05) is 4.90 Å². The van der Waals surface area contributed by atoms with Crippen LogP contribution in [0, 0.1) is 0 Å². The molecule has 3 heterocycles. The summed E-state index contributed by atoms with van der Waals surface area (Å²) in [5.74, 6) is 0.664.